The first-order valence-electron chi connectivity index (χ1n) is 12.0. The molecule has 1 saturated heterocycles. The minimum absolute atomic E-state index is 0.128. The number of nitrogens with one attached hydrogen (secondary N) is 1. The van der Waals surface area contributed by atoms with Gasteiger partial charge in [-0.3, -0.25) is 9.69 Å². The van der Waals surface area contributed by atoms with Crippen LogP contribution in [0.2, 0.25) is 0 Å². The topological polar surface area (TPSA) is 66.9 Å². The maximum atomic E-state index is 11.9. The molecule has 7 heteroatoms. The van der Waals surface area contributed by atoms with Crippen molar-refractivity contribution in [3.8, 4) is 5.75 Å². The van der Waals surface area contributed by atoms with Crippen LogP contribution in [0.4, 0.5) is 5.82 Å². The summed E-state index contributed by atoms with van der Waals surface area (Å²) >= 11 is 0. The number of methoxy groups -OCH3 is 1. The van der Waals surface area contributed by atoms with Gasteiger partial charge in [0, 0.05) is 69.5 Å². The van der Waals surface area contributed by atoms with E-state index >= 15 is 0 Å². The fourth-order valence-electron chi connectivity index (χ4n) is 5.23. The predicted molar refractivity (Wildman–Crippen MR) is 122 cm³/mol. The van der Waals surface area contributed by atoms with E-state index in [1.807, 2.05) is 6.20 Å². The normalized spacial score (nSPS) is 24.0. The molecule has 3 aliphatic rings. The Kier molecular flexibility index (Phi) is 7.67. The smallest absolute Gasteiger partial charge is 0.222 e. The van der Waals surface area contributed by atoms with Crippen molar-refractivity contribution in [3.63, 3.8) is 0 Å². The van der Waals surface area contributed by atoms with Crippen LogP contribution in [0, 0.1) is 12.8 Å². The molecule has 3 heterocycles. The van der Waals surface area contributed by atoms with Gasteiger partial charge in [0.2, 0.25) is 5.91 Å². The van der Waals surface area contributed by atoms with Crippen LogP contribution >= 0.6 is 0 Å². The maximum absolute atomic E-state index is 11.9. The van der Waals surface area contributed by atoms with Gasteiger partial charge in [-0.15, -0.1) is 0 Å². The highest BCUT2D eigenvalue weighted by Crippen LogP contribution is 2.35. The number of pyridine rings is 1. The van der Waals surface area contributed by atoms with Crippen LogP contribution in [-0.4, -0.2) is 74.9 Å². The van der Waals surface area contributed by atoms with E-state index in [4.69, 9.17) is 14.5 Å². The second-order valence-corrected chi connectivity index (χ2v) is 9.32. The zero-order valence-electron chi connectivity index (χ0n) is 19.2. The number of hydrogen-bond donors (Lipinski definition) is 1. The van der Waals surface area contributed by atoms with Gasteiger partial charge < -0.3 is 19.7 Å². The van der Waals surface area contributed by atoms with E-state index in [9.17, 15) is 4.79 Å². The molecule has 31 heavy (non-hydrogen) atoms. The SMILES string of the molecule is COCCC(=O)N[C@H]1CC[C@H](CCN2CCN(c3ncc(C)c4c3CCO4)CC2)CC1. The van der Waals surface area contributed by atoms with Crippen LogP contribution < -0.4 is 15.0 Å². The van der Waals surface area contributed by atoms with Crippen molar-refractivity contribution in [3.05, 3.63) is 17.3 Å². The Balaban J connectivity index is 1.16. The van der Waals surface area contributed by atoms with Crippen LogP contribution in [0.3, 0.4) is 0 Å². The summed E-state index contributed by atoms with van der Waals surface area (Å²) in [6, 6.07) is 0.358. The highest BCUT2D eigenvalue weighted by atomic mass is 16.5. The second kappa shape index (κ2) is 10.6. The van der Waals surface area contributed by atoms with Gasteiger partial charge in [0.15, 0.2) is 0 Å². The molecule has 1 aliphatic carbocycles. The number of anilines is 1. The summed E-state index contributed by atoms with van der Waals surface area (Å²) in [5, 5.41) is 3.17. The summed E-state index contributed by atoms with van der Waals surface area (Å²) in [6.45, 7) is 8.86. The number of hydrogen-bond acceptors (Lipinski definition) is 6. The molecule has 0 atom stereocenters. The van der Waals surface area contributed by atoms with E-state index in [0.29, 0.717) is 19.1 Å². The van der Waals surface area contributed by atoms with Crippen LogP contribution in [-0.2, 0) is 16.0 Å². The molecule has 1 amide bonds. The van der Waals surface area contributed by atoms with Gasteiger partial charge in [-0.2, -0.15) is 0 Å². The van der Waals surface area contributed by atoms with Gasteiger partial charge in [0.1, 0.15) is 11.6 Å². The van der Waals surface area contributed by atoms with Gasteiger partial charge in [-0.1, -0.05) is 0 Å². The van der Waals surface area contributed by atoms with Crippen molar-refractivity contribution in [2.45, 2.75) is 57.9 Å². The van der Waals surface area contributed by atoms with E-state index in [1.165, 1.54) is 31.4 Å². The molecule has 0 radical (unpaired) electrons. The number of carbonyl (C=O) groups is 1. The Morgan fingerprint density at radius 3 is 2.74 bits per heavy atom. The van der Waals surface area contributed by atoms with Gasteiger partial charge >= 0.3 is 0 Å². The number of carbonyl (C=O) groups excluding carboxylic acids is 1. The summed E-state index contributed by atoms with van der Waals surface area (Å²) in [4.78, 5) is 21.7. The van der Waals surface area contributed by atoms with E-state index in [2.05, 4.69) is 22.0 Å². The average molecular weight is 431 g/mol. The highest BCUT2D eigenvalue weighted by molar-refractivity contribution is 5.76. The number of aryl methyl sites for hydroxylation is 1. The molecule has 0 spiro atoms. The van der Waals surface area contributed by atoms with Crippen LogP contribution in [0.15, 0.2) is 6.20 Å². The van der Waals surface area contributed by atoms with Crippen LogP contribution in [0.5, 0.6) is 5.75 Å². The van der Waals surface area contributed by atoms with Gasteiger partial charge in [-0.25, -0.2) is 4.98 Å². The zero-order valence-corrected chi connectivity index (χ0v) is 19.2. The van der Waals surface area contributed by atoms with Crippen molar-refractivity contribution in [2.75, 3.05) is 57.9 Å². The van der Waals surface area contributed by atoms with Crippen LogP contribution in [0.25, 0.3) is 0 Å². The largest absolute Gasteiger partial charge is 0.492 e. The lowest BCUT2D eigenvalue weighted by Gasteiger charge is -2.37. The average Bonchev–Trinajstić information content (AvgIpc) is 3.29. The van der Waals surface area contributed by atoms with Gasteiger partial charge in [-0.05, 0) is 51.5 Å². The molecule has 1 N–H and O–H groups in total. The van der Waals surface area contributed by atoms with Crippen LogP contribution in [0.1, 0.15) is 49.7 Å². The molecule has 1 aromatic heterocycles. The minimum Gasteiger partial charge on any atom is -0.492 e. The summed E-state index contributed by atoms with van der Waals surface area (Å²) in [7, 11) is 1.64. The number of ether oxygens (including phenoxy) is 2. The molecule has 0 aromatic carbocycles. The van der Waals surface area contributed by atoms with Crippen molar-refractivity contribution in [1.29, 1.82) is 0 Å². The van der Waals surface area contributed by atoms with E-state index in [1.54, 1.807) is 7.11 Å². The fraction of sp³-hybridized carbons (Fsp3) is 0.750. The van der Waals surface area contributed by atoms with E-state index in [-0.39, 0.29) is 5.91 Å². The third kappa shape index (κ3) is 5.69. The molecule has 0 bridgehead atoms. The predicted octanol–water partition coefficient (Wildman–Crippen LogP) is 2.55. The lowest BCUT2D eigenvalue weighted by atomic mass is 9.84. The number of rotatable bonds is 8. The third-order valence-electron chi connectivity index (χ3n) is 7.15. The van der Waals surface area contributed by atoms with Gasteiger partial charge in [0.05, 0.1) is 13.2 Å². The molecule has 2 fully saturated rings. The van der Waals surface area contributed by atoms with Crippen molar-refractivity contribution < 1.29 is 14.3 Å². The number of amides is 1. The Hall–Kier alpha value is -1.86. The fourth-order valence-corrected chi connectivity index (χ4v) is 5.23. The summed E-state index contributed by atoms with van der Waals surface area (Å²) in [5.41, 5.74) is 2.46. The zero-order chi connectivity index (χ0) is 21.6. The highest BCUT2D eigenvalue weighted by Gasteiger charge is 2.27. The van der Waals surface area contributed by atoms with E-state index < -0.39 is 0 Å². The number of fused-ring (bicyclic) bond motifs is 1. The second-order valence-electron chi connectivity index (χ2n) is 9.32. The summed E-state index contributed by atoms with van der Waals surface area (Å²) in [6.07, 6.45) is 9.38. The summed E-state index contributed by atoms with van der Waals surface area (Å²) < 4.78 is 10.8. The first kappa shape index (κ1) is 22.3. The Bertz CT molecular complexity index is 741. The molecular formula is C24H38N4O3. The lowest BCUT2D eigenvalue weighted by molar-refractivity contribution is -0.122. The molecule has 7 nitrogen and oxygen atoms in total. The Morgan fingerprint density at radius 1 is 1.23 bits per heavy atom. The molecular weight excluding hydrogens is 392 g/mol. The molecule has 2 aliphatic heterocycles. The van der Waals surface area contributed by atoms with E-state index in [0.717, 1.165) is 75.1 Å². The molecule has 0 unspecified atom stereocenters. The molecule has 4 rings (SSSR count). The van der Waals surface area contributed by atoms with Crippen molar-refractivity contribution in [2.24, 2.45) is 5.92 Å². The maximum Gasteiger partial charge on any atom is 0.222 e. The Morgan fingerprint density at radius 2 is 2.00 bits per heavy atom. The third-order valence-corrected chi connectivity index (χ3v) is 7.15. The first-order valence-corrected chi connectivity index (χ1v) is 12.0. The lowest BCUT2D eigenvalue weighted by Crippen LogP contribution is -2.47. The number of nitrogens with zero attached hydrogens (tertiary/aromatic N) is 3. The number of aromatic nitrogens is 1. The molecule has 1 saturated carbocycles. The van der Waals surface area contributed by atoms with Crippen molar-refractivity contribution >= 4 is 11.7 Å². The monoisotopic (exact) mass is 430 g/mol. The minimum atomic E-state index is 0.128. The quantitative estimate of drug-likeness (QED) is 0.684. The van der Waals surface area contributed by atoms with Gasteiger partial charge in [0.25, 0.3) is 0 Å². The standard InChI is InChI=1S/C24H38N4O3/c1-18-17-25-24(21-8-16-31-23(18)21)28-13-11-27(12-14-28)10-7-19-3-5-20(6-4-19)26-22(29)9-15-30-2/h17,19-20H,3-16H2,1-2H3,(H,26,29)/t19-,20-. The summed E-state index contributed by atoms with van der Waals surface area (Å²) in [5.74, 6) is 3.13. The Labute approximate surface area is 186 Å². The molecule has 1 aromatic rings. The first-order chi connectivity index (χ1) is 15.1. The number of piperazine rings is 1. The molecule has 172 valence electrons. The van der Waals surface area contributed by atoms with Crippen molar-refractivity contribution in [1.82, 2.24) is 15.2 Å².